The Bertz CT molecular complexity index is 420. The van der Waals surface area contributed by atoms with E-state index in [2.05, 4.69) is 9.88 Å². The van der Waals surface area contributed by atoms with Gasteiger partial charge in [0, 0.05) is 31.6 Å². The molecule has 0 bridgehead atoms. The summed E-state index contributed by atoms with van der Waals surface area (Å²) in [7, 11) is 0. The molecule has 1 atom stereocenters. The molecule has 1 aliphatic heterocycles. The molecule has 100 valence electrons. The van der Waals surface area contributed by atoms with Gasteiger partial charge in [0.15, 0.2) is 0 Å². The van der Waals surface area contributed by atoms with E-state index in [1.165, 1.54) is 0 Å². The number of pyridine rings is 1. The van der Waals surface area contributed by atoms with Crippen LogP contribution in [-0.4, -0.2) is 34.7 Å². The lowest BCUT2D eigenvalue weighted by atomic mass is 9.98. The summed E-state index contributed by atoms with van der Waals surface area (Å²) >= 11 is 0. The van der Waals surface area contributed by atoms with Gasteiger partial charge in [0.1, 0.15) is 0 Å². The maximum atomic E-state index is 9.25. The third-order valence-corrected chi connectivity index (χ3v) is 3.91. The van der Waals surface area contributed by atoms with E-state index in [4.69, 9.17) is 5.73 Å². The first-order valence-electron chi connectivity index (χ1n) is 6.65. The number of anilines is 1. The number of rotatable bonds is 3. The van der Waals surface area contributed by atoms with Gasteiger partial charge in [0.05, 0.1) is 5.69 Å². The number of aromatic nitrogens is 1. The van der Waals surface area contributed by atoms with E-state index in [1.54, 1.807) is 0 Å². The van der Waals surface area contributed by atoms with Crippen molar-refractivity contribution < 1.29 is 5.11 Å². The van der Waals surface area contributed by atoms with Crippen LogP contribution in [-0.2, 0) is 6.54 Å². The van der Waals surface area contributed by atoms with Crippen molar-refractivity contribution in [3.8, 4) is 0 Å². The molecule has 0 spiro atoms. The van der Waals surface area contributed by atoms with Gasteiger partial charge in [-0.2, -0.15) is 0 Å². The highest BCUT2D eigenvalue weighted by Crippen LogP contribution is 2.22. The molecule has 0 aromatic carbocycles. The second-order valence-corrected chi connectivity index (χ2v) is 5.35. The number of hydrogen-bond acceptors (Lipinski definition) is 4. The van der Waals surface area contributed by atoms with Gasteiger partial charge in [-0.05, 0) is 50.3 Å². The second kappa shape index (κ2) is 5.67. The van der Waals surface area contributed by atoms with Crippen molar-refractivity contribution >= 4 is 5.69 Å². The summed E-state index contributed by atoms with van der Waals surface area (Å²) < 4.78 is 0. The summed E-state index contributed by atoms with van der Waals surface area (Å²) in [5.41, 5.74) is 10.1. The Kier molecular flexibility index (Phi) is 4.19. The van der Waals surface area contributed by atoms with Crippen LogP contribution in [0.25, 0.3) is 0 Å². The molecule has 2 heterocycles. The van der Waals surface area contributed by atoms with E-state index < -0.39 is 0 Å². The summed E-state index contributed by atoms with van der Waals surface area (Å²) in [6.07, 6.45) is 4.15. The molecule has 4 nitrogen and oxygen atoms in total. The topological polar surface area (TPSA) is 62.4 Å². The molecular formula is C14H23N3O. The van der Waals surface area contributed by atoms with Gasteiger partial charge in [0.2, 0.25) is 0 Å². The van der Waals surface area contributed by atoms with Crippen LogP contribution in [0.3, 0.4) is 0 Å². The Morgan fingerprint density at radius 3 is 3.00 bits per heavy atom. The van der Waals surface area contributed by atoms with Crippen molar-refractivity contribution in [2.75, 3.05) is 25.4 Å². The van der Waals surface area contributed by atoms with E-state index >= 15 is 0 Å². The zero-order chi connectivity index (χ0) is 13.1. The van der Waals surface area contributed by atoms with Crippen molar-refractivity contribution in [3.05, 3.63) is 23.0 Å². The van der Waals surface area contributed by atoms with Crippen LogP contribution in [0.2, 0.25) is 0 Å². The van der Waals surface area contributed by atoms with Crippen molar-refractivity contribution in [3.63, 3.8) is 0 Å². The van der Waals surface area contributed by atoms with Gasteiger partial charge < -0.3 is 10.8 Å². The first-order valence-corrected chi connectivity index (χ1v) is 6.65. The summed E-state index contributed by atoms with van der Waals surface area (Å²) in [6, 6.07) is 0. The lowest BCUT2D eigenvalue weighted by Gasteiger charge is -2.31. The fourth-order valence-corrected chi connectivity index (χ4v) is 2.61. The molecule has 0 saturated carbocycles. The highest BCUT2D eigenvalue weighted by atomic mass is 16.3. The van der Waals surface area contributed by atoms with Crippen LogP contribution in [0.1, 0.15) is 29.7 Å². The molecule has 4 heteroatoms. The predicted octanol–water partition coefficient (Wildman–Crippen LogP) is 1.48. The Morgan fingerprint density at radius 1 is 1.50 bits per heavy atom. The van der Waals surface area contributed by atoms with Gasteiger partial charge in [-0.25, -0.2) is 0 Å². The van der Waals surface area contributed by atoms with E-state index in [0.717, 1.165) is 55.0 Å². The Morgan fingerprint density at radius 2 is 2.28 bits per heavy atom. The fraction of sp³-hybridized carbons (Fsp3) is 0.643. The van der Waals surface area contributed by atoms with Crippen LogP contribution in [0.15, 0.2) is 6.20 Å². The number of likely N-dealkylation sites (tertiary alicyclic amines) is 1. The molecule has 1 aliphatic rings. The average molecular weight is 249 g/mol. The van der Waals surface area contributed by atoms with Gasteiger partial charge in [-0.15, -0.1) is 0 Å². The zero-order valence-corrected chi connectivity index (χ0v) is 11.3. The molecule has 18 heavy (non-hydrogen) atoms. The molecule has 1 aromatic heterocycles. The van der Waals surface area contributed by atoms with Crippen LogP contribution in [0.4, 0.5) is 5.69 Å². The number of aliphatic hydroxyl groups is 1. The van der Waals surface area contributed by atoms with Crippen LogP contribution >= 0.6 is 0 Å². The number of nitrogen functional groups attached to an aromatic ring is 1. The van der Waals surface area contributed by atoms with E-state index in [9.17, 15) is 5.11 Å². The van der Waals surface area contributed by atoms with Crippen molar-refractivity contribution in [2.24, 2.45) is 5.92 Å². The normalized spacial score (nSPS) is 21.2. The smallest absolute Gasteiger partial charge is 0.0593 e. The minimum atomic E-state index is 0.291. The molecule has 3 N–H and O–H groups in total. The average Bonchev–Trinajstić information content (AvgIpc) is 2.40. The third-order valence-electron chi connectivity index (χ3n) is 3.91. The quantitative estimate of drug-likeness (QED) is 0.852. The molecule has 1 fully saturated rings. The summed E-state index contributed by atoms with van der Waals surface area (Å²) in [5.74, 6) is 0.418. The predicted molar refractivity (Wildman–Crippen MR) is 73.2 cm³/mol. The summed E-state index contributed by atoms with van der Waals surface area (Å²) in [5, 5.41) is 9.25. The monoisotopic (exact) mass is 249 g/mol. The SMILES string of the molecule is Cc1cnc(CN2CCCC(CO)C2)c(C)c1N. The first-order chi connectivity index (χ1) is 8.61. The van der Waals surface area contributed by atoms with Crippen LogP contribution < -0.4 is 5.73 Å². The standard InChI is InChI=1S/C14H23N3O/c1-10-6-16-13(11(2)14(10)15)8-17-5-3-4-12(7-17)9-18/h6,12,18H,3-5,7-9H2,1-2H3,(H2,15,16). The third kappa shape index (κ3) is 2.82. The van der Waals surface area contributed by atoms with Crippen molar-refractivity contribution in [1.82, 2.24) is 9.88 Å². The van der Waals surface area contributed by atoms with Crippen LogP contribution in [0, 0.1) is 19.8 Å². The second-order valence-electron chi connectivity index (χ2n) is 5.35. The molecule has 1 aromatic rings. The van der Waals surface area contributed by atoms with E-state index in [0.29, 0.717) is 12.5 Å². The molecule has 0 aliphatic carbocycles. The number of piperidine rings is 1. The number of nitrogens with zero attached hydrogens (tertiary/aromatic N) is 2. The maximum Gasteiger partial charge on any atom is 0.0593 e. The first kappa shape index (κ1) is 13.3. The Balaban J connectivity index is 2.07. The number of aliphatic hydroxyl groups excluding tert-OH is 1. The molecule has 0 radical (unpaired) electrons. The molecule has 1 saturated heterocycles. The highest BCUT2D eigenvalue weighted by Gasteiger charge is 2.20. The maximum absolute atomic E-state index is 9.25. The fourth-order valence-electron chi connectivity index (χ4n) is 2.61. The van der Waals surface area contributed by atoms with Gasteiger partial charge in [-0.1, -0.05) is 0 Å². The van der Waals surface area contributed by atoms with Crippen LogP contribution in [0.5, 0.6) is 0 Å². The van der Waals surface area contributed by atoms with Crippen molar-refractivity contribution in [1.29, 1.82) is 0 Å². The number of aryl methyl sites for hydroxylation is 1. The van der Waals surface area contributed by atoms with Gasteiger partial charge in [-0.3, -0.25) is 9.88 Å². The lowest BCUT2D eigenvalue weighted by Crippen LogP contribution is -2.36. The van der Waals surface area contributed by atoms with E-state index in [1.807, 2.05) is 20.0 Å². The number of nitrogens with two attached hydrogens (primary N) is 1. The molecule has 1 unspecified atom stereocenters. The number of hydrogen-bond donors (Lipinski definition) is 2. The minimum absolute atomic E-state index is 0.291. The lowest BCUT2D eigenvalue weighted by molar-refractivity contribution is 0.115. The molecule has 2 rings (SSSR count). The minimum Gasteiger partial charge on any atom is -0.398 e. The van der Waals surface area contributed by atoms with Gasteiger partial charge in [0.25, 0.3) is 0 Å². The van der Waals surface area contributed by atoms with Crippen molar-refractivity contribution in [2.45, 2.75) is 33.2 Å². The summed E-state index contributed by atoms with van der Waals surface area (Å²) in [6.45, 7) is 7.21. The molecular weight excluding hydrogens is 226 g/mol. The van der Waals surface area contributed by atoms with E-state index in [-0.39, 0.29) is 0 Å². The zero-order valence-electron chi connectivity index (χ0n) is 11.3. The van der Waals surface area contributed by atoms with Gasteiger partial charge >= 0.3 is 0 Å². The Hall–Kier alpha value is -1.13. The Labute approximate surface area is 109 Å². The highest BCUT2D eigenvalue weighted by molar-refractivity contribution is 5.53. The molecule has 0 amide bonds. The summed E-state index contributed by atoms with van der Waals surface area (Å²) in [4.78, 5) is 6.87. The largest absolute Gasteiger partial charge is 0.398 e.